The highest BCUT2D eigenvalue weighted by atomic mass is 16.5. The summed E-state index contributed by atoms with van der Waals surface area (Å²) in [5.41, 5.74) is 2.36. The minimum atomic E-state index is 0.00854. The summed E-state index contributed by atoms with van der Waals surface area (Å²) in [5.74, 6) is 1.79. The molecule has 3 aromatic rings. The van der Waals surface area contributed by atoms with Gasteiger partial charge in [-0.15, -0.1) is 0 Å². The summed E-state index contributed by atoms with van der Waals surface area (Å²) >= 11 is 0. The van der Waals surface area contributed by atoms with Gasteiger partial charge >= 0.3 is 0 Å². The lowest BCUT2D eigenvalue weighted by atomic mass is 10.1. The molecular formula is C22H26N4O3. The third kappa shape index (κ3) is 3.82. The number of methoxy groups -OCH3 is 1. The number of benzene rings is 1. The number of ether oxygens (including phenoxy) is 2. The van der Waals surface area contributed by atoms with Crippen LogP contribution in [-0.2, 0) is 11.3 Å². The maximum Gasteiger partial charge on any atom is 0.257 e. The molecule has 1 unspecified atom stereocenters. The molecule has 0 radical (unpaired) electrons. The summed E-state index contributed by atoms with van der Waals surface area (Å²) < 4.78 is 13.1. The van der Waals surface area contributed by atoms with Gasteiger partial charge in [0, 0.05) is 38.9 Å². The number of para-hydroxylation sites is 1. The van der Waals surface area contributed by atoms with Crippen molar-refractivity contribution in [2.24, 2.45) is 0 Å². The van der Waals surface area contributed by atoms with Crippen LogP contribution >= 0.6 is 0 Å². The van der Waals surface area contributed by atoms with Crippen molar-refractivity contribution in [1.82, 2.24) is 19.4 Å². The molecule has 4 rings (SSSR count). The lowest BCUT2D eigenvalue weighted by Crippen LogP contribution is -2.29. The van der Waals surface area contributed by atoms with Crippen LogP contribution in [0.3, 0.4) is 0 Å². The van der Waals surface area contributed by atoms with Crippen LogP contribution in [0.15, 0.2) is 42.6 Å². The van der Waals surface area contributed by atoms with Crippen molar-refractivity contribution in [3.63, 3.8) is 0 Å². The summed E-state index contributed by atoms with van der Waals surface area (Å²) in [4.78, 5) is 24.4. The van der Waals surface area contributed by atoms with Crippen LogP contribution in [-0.4, -0.2) is 58.8 Å². The SMILES string of the molecule is CCOc1ccccc1C(=O)N1CCC(c2nc3cccnc3n2CCOC)C1. The summed E-state index contributed by atoms with van der Waals surface area (Å²) in [5, 5.41) is 0. The third-order valence-corrected chi connectivity index (χ3v) is 5.31. The van der Waals surface area contributed by atoms with E-state index in [1.54, 1.807) is 13.3 Å². The van der Waals surface area contributed by atoms with Crippen LogP contribution in [0.1, 0.15) is 35.4 Å². The molecule has 1 aromatic carbocycles. The van der Waals surface area contributed by atoms with Crippen LogP contribution in [0.4, 0.5) is 0 Å². The molecule has 0 saturated carbocycles. The predicted octanol–water partition coefficient (Wildman–Crippen LogP) is 3.11. The number of likely N-dealkylation sites (tertiary alicyclic amines) is 1. The van der Waals surface area contributed by atoms with Gasteiger partial charge in [-0.3, -0.25) is 4.79 Å². The van der Waals surface area contributed by atoms with E-state index >= 15 is 0 Å². The zero-order valence-corrected chi connectivity index (χ0v) is 16.9. The smallest absolute Gasteiger partial charge is 0.257 e. The Labute approximate surface area is 170 Å². The molecule has 1 atom stereocenters. The molecule has 152 valence electrons. The third-order valence-electron chi connectivity index (χ3n) is 5.31. The van der Waals surface area contributed by atoms with E-state index in [1.807, 2.05) is 48.2 Å². The molecule has 1 fully saturated rings. The molecule has 3 heterocycles. The standard InChI is InChI=1S/C22H26N4O3/c1-3-29-19-9-5-4-7-17(19)22(27)25-12-10-16(15-25)20-24-18-8-6-11-23-21(18)26(20)13-14-28-2/h4-9,11,16H,3,10,12-15H2,1-2H3. The number of pyridine rings is 1. The summed E-state index contributed by atoms with van der Waals surface area (Å²) in [6, 6.07) is 11.3. The number of carbonyl (C=O) groups is 1. The Morgan fingerprint density at radius 1 is 1.24 bits per heavy atom. The number of amides is 1. The van der Waals surface area contributed by atoms with Crippen molar-refractivity contribution >= 4 is 17.1 Å². The van der Waals surface area contributed by atoms with Crippen molar-refractivity contribution in [1.29, 1.82) is 0 Å². The van der Waals surface area contributed by atoms with Gasteiger partial charge in [-0.1, -0.05) is 12.1 Å². The second-order valence-corrected chi connectivity index (χ2v) is 7.13. The monoisotopic (exact) mass is 394 g/mol. The first-order valence-corrected chi connectivity index (χ1v) is 10.0. The van der Waals surface area contributed by atoms with E-state index in [0.29, 0.717) is 44.2 Å². The van der Waals surface area contributed by atoms with Gasteiger partial charge in [-0.25, -0.2) is 9.97 Å². The van der Waals surface area contributed by atoms with Crippen molar-refractivity contribution in [3.8, 4) is 5.75 Å². The largest absolute Gasteiger partial charge is 0.493 e. The zero-order chi connectivity index (χ0) is 20.2. The molecule has 7 nitrogen and oxygen atoms in total. The van der Waals surface area contributed by atoms with Crippen LogP contribution in [0.2, 0.25) is 0 Å². The zero-order valence-electron chi connectivity index (χ0n) is 16.9. The summed E-state index contributed by atoms with van der Waals surface area (Å²) in [7, 11) is 1.69. The highest BCUT2D eigenvalue weighted by molar-refractivity contribution is 5.97. The first kappa shape index (κ1) is 19.4. The molecule has 7 heteroatoms. The topological polar surface area (TPSA) is 69.5 Å². The van der Waals surface area contributed by atoms with E-state index in [-0.39, 0.29) is 11.8 Å². The maximum atomic E-state index is 13.1. The second-order valence-electron chi connectivity index (χ2n) is 7.13. The van der Waals surface area contributed by atoms with E-state index in [0.717, 1.165) is 23.4 Å². The fourth-order valence-corrected chi connectivity index (χ4v) is 3.94. The fraction of sp³-hybridized carbons (Fsp3) is 0.409. The van der Waals surface area contributed by atoms with E-state index in [4.69, 9.17) is 14.5 Å². The number of nitrogens with zero attached hydrogens (tertiary/aromatic N) is 4. The molecule has 0 N–H and O–H groups in total. The molecule has 0 aliphatic carbocycles. The van der Waals surface area contributed by atoms with E-state index < -0.39 is 0 Å². The average molecular weight is 394 g/mol. The van der Waals surface area contributed by atoms with Gasteiger partial charge < -0.3 is 18.9 Å². The predicted molar refractivity (Wildman–Crippen MR) is 110 cm³/mol. The summed E-state index contributed by atoms with van der Waals surface area (Å²) in [6.07, 6.45) is 2.66. The van der Waals surface area contributed by atoms with Crippen molar-refractivity contribution in [2.45, 2.75) is 25.8 Å². The quantitative estimate of drug-likeness (QED) is 0.616. The number of fused-ring (bicyclic) bond motifs is 1. The molecule has 1 saturated heterocycles. The number of carbonyl (C=O) groups excluding carboxylic acids is 1. The number of hydrogen-bond acceptors (Lipinski definition) is 5. The molecule has 0 spiro atoms. The first-order chi connectivity index (χ1) is 14.2. The Morgan fingerprint density at radius 2 is 2.10 bits per heavy atom. The number of hydrogen-bond donors (Lipinski definition) is 0. The Balaban J connectivity index is 1.58. The lowest BCUT2D eigenvalue weighted by Gasteiger charge is -2.19. The second kappa shape index (κ2) is 8.61. The van der Waals surface area contributed by atoms with Gasteiger partial charge in [0.25, 0.3) is 5.91 Å². The Bertz CT molecular complexity index is 1000. The Morgan fingerprint density at radius 3 is 2.93 bits per heavy atom. The van der Waals surface area contributed by atoms with Crippen LogP contribution in [0.25, 0.3) is 11.2 Å². The van der Waals surface area contributed by atoms with Crippen LogP contribution in [0.5, 0.6) is 5.75 Å². The van der Waals surface area contributed by atoms with Crippen LogP contribution < -0.4 is 4.74 Å². The molecule has 1 amide bonds. The van der Waals surface area contributed by atoms with Crippen molar-refractivity contribution in [2.75, 3.05) is 33.4 Å². The molecule has 1 aliphatic rings. The van der Waals surface area contributed by atoms with Gasteiger partial charge in [-0.2, -0.15) is 0 Å². The van der Waals surface area contributed by atoms with Crippen molar-refractivity contribution in [3.05, 3.63) is 54.0 Å². The van der Waals surface area contributed by atoms with Gasteiger partial charge in [0.15, 0.2) is 5.65 Å². The van der Waals surface area contributed by atoms with Crippen LogP contribution in [0, 0.1) is 0 Å². The maximum absolute atomic E-state index is 13.1. The van der Waals surface area contributed by atoms with E-state index in [9.17, 15) is 4.79 Å². The number of aromatic nitrogens is 3. The molecule has 29 heavy (non-hydrogen) atoms. The highest BCUT2D eigenvalue weighted by Crippen LogP contribution is 2.31. The molecular weight excluding hydrogens is 368 g/mol. The van der Waals surface area contributed by atoms with Crippen molar-refractivity contribution < 1.29 is 14.3 Å². The normalized spacial score (nSPS) is 16.5. The van der Waals surface area contributed by atoms with E-state index in [2.05, 4.69) is 9.55 Å². The minimum Gasteiger partial charge on any atom is -0.493 e. The summed E-state index contributed by atoms with van der Waals surface area (Å²) in [6.45, 7) is 5.07. The molecule has 2 aromatic heterocycles. The number of imidazole rings is 1. The van der Waals surface area contributed by atoms with E-state index in [1.165, 1.54) is 0 Å². The Kier molecular flexibility index (Phi) is 5.76. The molecule has 0 bridgehead atoms. The van der Waals surface area contributed by atoms with Gasteiger partial charge in [-0.05, 0) is 37.6 Å². The lowest BCUT2D eigenvalue weighted by molar-refractivity contribution is 0.0786. The fourth-order valence-electron chi connectivity index (χ4n) is 3.94. The first-order valence-electron chi connectivity index (χ1n) is 10.0. The number of rotatable bonds is 7. The van der Waals surface area contributed by atoms with Gasteiger partial charge in [0.1, 0.15) is 17.1 Å². The Hall–Kier alpha value is -2.93. The average Bonchev–Trinajstić information content (AvgIpc) is 3.37. The van der Waals surface area contributed by atoms with Gasteiger partial charge in [0.05, 0.1) is 18.8 Å². The van der Waals surface area contributed by atoms with Gasteiger partial charge in [0.2, 0.25) is 0 Å². The highest BCUT2D eigenvalue weighted by Gasteiger charge is 2.32. The minimum absolute atomic E-state index is 0.00854. The molecule has 1 aliphatic heterocycles.